The Kier molecular flexibility index (Phi) is 3.45. The number of aromatic nitrogens is 2. The molecule has 0 saturated carbocycles. The van der Waals surface area contributed by atoms with E-state index in [1.165, 1.54) is 37.6 Å². The van der Waals surface area contributed by atoms with E-state index in [0.29, 0.717) is 5.56 Å². The van der Waals surface area contributed by atoms with Crippen molar-refractivity contribution in [2.75, 3.05) is 12.8 Å². The Bertz CT molecular complexity index is 701. The number of rotatable bonds is 3. The van der Waals surface area contributed by atoms with Gasteiger partial charge in [0.05, 0.1) is 0 Å². The molecular weight excluding hydrogens is 271 g/mol. The van der Waals surface area contributed by atoms with Crippen molar-refractivity contribution >= 4 is 16.0 Å². The number of hydrogen-bond donors (Lipinski definition) is 2. The average molecular weight is 282 g/mol. The molecule has 1 aromatic heterocycles. The van der Waals surface area contributed by atoms with E-state index in [0.717, 1.165) is 0 Å². The highest BCUT2D eigenvalue weighted by molar-refractivity contribution is 7.89. The Balaban J connectivity index is 2.61. The van der Waals surface area contributed by atoms with Gasteiger partial charge in [0.25, 0.3) is 0 Å². The maximum absolute atomic E-state index is 14.2. The molecule has 0 spiro atoms. The van der Waals surface area contributed by atoms with Gasteiger partial charge in [-0.1, -0.05) is 12.1 Å². The van der Waals surface area contributed by atoms with Crippen molar-refractivity contribution in [2.24, 2.45) is 0 Å². The summed E-state index contributed by atoms with van der Waals surface area (Å²) in [6.45, 7) is 0. The van der Waals surface area contributed by atoms with E-state index >= 15 is 0 Å². The fraction of sp³-hybridized carbons (Fsp3) is 0.0909. The first-order valence-electron chi connectivity index (χ1n) is 5.25. The first kappa shape index (κ1) is 13.4. The lowest BCUT2D eigenvalue weighted by atomic mass is 10.1. The summed E-state index contributed by atoms with van der Waals surface area (Å²) in [7, 11) is -2.64. The SMILES string of the molecule is CNS(=O)(=O)c1cccc(-c2cnc(N)nc2)c1F. The van der Waals surface area contributed by atoms with E-state index in [1.54, 1.807) is 0 Å². The van der Waals surface area contributed by atoms with Crippen LogP contribution in [0.15, 0.2) is 35.5 Å². The van der Waals surface area contributed by atoms with Crippen LogP contribution in [-0.4, -0.2) is 25.4 Å². The molecule has 0 atom stereocenters. The zero-order valence-corrected chi connectivity index (χ0v) is 10.8. The van der Waals surface area contributed by atoms with Crippen molar-refractivity contribution in [3.63, 3.8) is 0 Å². The summed E-state index contributed by atoms with van der Waals surface area (Å²) >= 11 is 0. The number of benzene rings is 1. The van der Waals surface area contributed by atoms with E-state index < -0.39 is 20.7 Å². The number of sulfonamides is 1. The predicted octanol–water partition coefficient (Wildman–Crippen LogP) is 0.773. The summed E-state index contributed by atoms with van der Waals surface area (Å²) < 4.78 is 39.6. The van der Waals surface area contributed by atoms with Gasteiger partial charge in [-0.05, 0) is 13.1 Å². The molecule has 6 nitrogen and oxygen atoms in total. The Morgan fingerprint density at radius 1 is 1.26 bits per heavy atom. The number of hydrogen-bond acceptors (Lipinski definition) is 5. The van der Waals surface area contributed by atoms with Gasteiger partial charge >= 0.3 is 0 Å². The summed E-state index contributed by atoms with van der Waals surface area (Å²) in [6, 6.07) is 4.07. The molecule has 2 rings (SSSR count). The van der Waals surface area contributed by atoms with Gasteiger partial charge < -0.3 is 5.73 Å². The number of nitrogens with two attached hydrogens (primary N) is 1. The smallest absolute Gasteiger partial charge is 0.243 e. The molecule has 2 aromatic rings. The van der Waals surface area contributed by atoms with Gasteiger partial charge in [0, 0.05) is 23.5 Å². The van der Waals surface area contributed by atoms with Gasteiger partial charge in [-0.25, -0.2) is 27.5 Å². The molecule has 3 N–H and O–H groups in total. The summed E-state index contributed by atoms with van der Waals surface area (Å²) in [4.78, 5) is 7.06. The third-order valence-corrected chi connectivity index (χ3v) is 3.94. The number of nitrogen functional groups attached to an aromatic ring is 1. The van der Waals surface area contributed by atoms with Gasteiger partial charge in [0.1, 0.15) is 4.90 Å². The van der Waals surface area contributed by atoms with E-state index in [9.17, 15) is 12.8 Å². The molecule has 0 radical (unpaired) electrons. The van der Waals surface area contributed by atoms with Crippen LogP contribution in [0.4, 0.5) is 10.3 Å². The first-order valence-corrected chi connectivity index (χ1v) is 6.74. The van der Waals surface area contributed by atoms with Crippen molar-refractivity contribution in [1.82, 2.24) is 14.7 Å². The molecule has 0 fully saturated rings. The molecule has 0 aliphatic rings. The van der Waals surface area contributed by atoms with Crippen LogP contribution in [0.1, 0.15) is 0 Å². The molecule has 0 amide bonds. The second kappa shape index (κ2) is 4.90. The Labute approximate surface area is 109 Å². The highest BCUT2D eigenvalue weighted by Gasteiger charge is 2.20. The quantitative estimate of drug-likeness (QED) is 0.866. The fourth-order valence-corrected chi connectivity index (χ4v) is 2.35. The second-order valence-electron chi connectivity index (χ2n) is 3.66. The molecule has 8 heteroatoms. The van der Waals surface area contributed by atoms with E-state index in [-0.39, 0.29) is 11.5 Å². The van der Waals surface area contributed by atoms with Gasteiger partial charge in [-0.3, -0.25) is 0 Å². The van der Waals surface area contributed by atoms with Crippen molar-refractivity contribution in [2.45, 2.75) is 4.90 Å². The lowest BCUT2D eigenvalue weighted by Crippen LogP contribution is -2.20. The van der Waals surface area contributed by atoms with Crippen LogP contribution in [0.5, 0.6) is 0 Å². The van der Waals surface area contributed by atoms with E-state index in [4.69, 9.17) is 5.73 Å². The molecule has 0 bridgehead atoms. The van der Waals surface area contributed by atoms with Crippen LogP contribution < -0.4 is 10.5 Å². The molecule has 0 saturated heterocycles. The molecule has 1 heterocycles. The second-order valence-corrected chi connectivity index (χ2v) is 5.51. The minimum Gasteiger partial charge on any atom is -0.368 e. The molecule has 0 aliphatic heterocycles. The number of anilines is 1. The first-order chi connectivity index (χ1) is 8.95. The fourth-order valence-electron chi connectivity index (χ4n) is 1.53. The zero-order valence-electron chi connectivity index (χ0n) is 9.96. The van der Waals surface area contributed by atoms with Gasteiger partial charge in [-0.15, -0.1) is 0 Å². The van der Waals surface area contributed by atoms with E-state index in [1.807, 2.05) is 0 Å². The molecular formula is C11H11FN4O2S. The lowest BCUT2D eigenvalue weighted by molar-refractivity contribution is 0.563. The molecule has 0 unspecified atom stereocenters. The van der Waals surface area contributed by atoms with Gasteiger partial charge in [-0.2, -0.15) is 0 Å². The monoisotopic (exact) mass is 282 g/mol. The zero-order chi connectivity index (χ0) is 14.0. The van der Waals surface area contributed by atoms with E-state index in [2.05, 4.69) is 14.7 Å². The molecule has 100 valence electrons. The van der Waals surface area contributed by atoms with Crippen molar-refractivity contribution in [1.29, 1.82) is 0 Å². The number of halogens is 1. The highest BCUT2D eigenvalue weighted by atomic mass is 32.2. The summed E-state index contributed by atoms with van der Waals surface area (Å²) in [6.07, 6.45) is 2.66. The molecule has 0 aliphatic carbocycles. The van der Waals surface area contributed by atoms with Crippen molar-refractivity contribution < 1.29 is 12.8 Å². The lowest BCUT2D eigenvalue weighted by Gasteiger charge is -2.08. The summed E-state index contributed by atoms with van der Waals surface area (Å²) in [5.74, 6) is -0.798. The van der Waals surface area contributed by atoms with Crippen LogP contribution in [0.3, 0.4) is 0 Å². The van der Waals surface area contributed by atoms with Crippen LogP contribution in [0.25, 0.3) is 11.1 Å². The van der Waals surface area contributed by atoms with Crippen LogP contribution in [-0.2, 0) is 10.0 Å². The normalized spacial score (nSPS) is 11.5. The van der Waals surface area contributed by atoms with Gasteiger partial charge in [0.15, 0.2) is 5.82 Å². The van der Waals surface area contributed by atoms with Crippen LogP contribution in [0.2, 0.25) is 0 Å². The standard InChI is InChI=1S/C11H11FN4O2S/c1-14-19(17,18)9-4-2-3-8(10(9)12)7-5-15-11(13)16-6-7/h2-6,14H,1H3,(H2,13,15,16). The maximum Gasteiger partial charge on any atom is 0.243 e. The minimum absolute atomic E-state index is 0.0585. The maximum atomic E-state index is 14.2. The predicted molar refractivity (Wildman–Crippen MR) is 68.1 cm³/mol. The summed E-state index contributed by atoms with van der Waals surface area (Å²) in [5, 5.41) is 0. The third kappa shape index (κ3) is 2.54. The highest BCUT2D eigenvalue weighted by Crippen LogP contribution is 2.26. The van der Waals surface area contributed by atoms with Crippen LogP contribution >= 0.6 is 0 Å². The molecule has 1 aromatic carbocycles. The Morgan fingerprint density at radius 2 is 1.89 bits per heavy atom. The minimum atomic E-state index is -3.86. The largest absolute Gasteiger partial charge is 0.368 e. The van der Waals surface area contributed by atoms with Crippen molar-refractivity contribution in [3.8, 4) is 11.1 Å². The number of nitrogens with zero attached hydrogens (tertiary/aromatic N) is 2. The Hall–Kier alpha value is -2.06. The summed E-state index contributed by atoms with van der Waals surface area (Å²) in [5.41, 5.74) is 5.78. The average Bonchev–Trinajstić information content (AvgIpc) is 2.40. The topological polar surface area (TPSA) is 98.0 Å². The van der Waals surface area contributed by atoms with Crippen LogP contribution in [0, 0.1) is 5.82 Å². The number of nitrogens with one attached hydrogen (secondary N) is 1. The Morgan fingerprint density at radius 3 is 2.47 bits per heavy atom. The molecule has 19 heavy (non-hydrogen) atoms. The third-order valence-electron chi connectivity index (χ3n) is 2.50. The van der Waals surface area contributed by atoms with Crippen molar-refractivity contribution in [3.05, 3.63) is 36.4 Å². The van der Waals surface area contributed by atoms with Gasteiger partial charge in [0.2, 0.25) is 16.0 Å².